The maximum absolute atomic E-state index is 11.6. The van der Waals surface area contributed by atoms with Gasteiger partial charge in [-0.2, -0.15) is 0 Å². The molecule has 0 aliphatic rings. The minimum Gasteiger partial charge on any atom is -0.481 e. The summed E-state index contributed by atoms with van der Waals surface area (Å²) >= 11 is 3.35. The van der Waals surface area contributed by atoms with Crippen molar-refractivity contribution in [1.82, 2.24) is 5.32 Å². The molecule has 0 saturated carbocycles. The quantitative estimate of drug-likeness (QED) is 0.759. The van der Waals surface area contributed by atoms with E-state index in [1.54, 1.807) is 0 Å². The van der Waals surface area contributed by atoms with Crippen molar-refractivity contribution in [2.75, 3.05) is 6.54 Å². The number of unbranched alkanes of at least 4 members (excludes halogenated alkanes) is 1. The van der Waals surface area contributed by atoms with Crippen molar-refractivity contribution in [3.05, 3.63) is 34.3 Å². The minimum atomic E-state index is -0.796. The van der Waals surface area contributed by atoms with Gasteiger partial charge in [0.25, 0.3) is 0 Å². The van der Waals surface area contributed by atoms with Crippen LogP contribution in [0.4, 0.5) is 0 Å². The summed E-state index contributed by atoms with van der Waals surface area (Å²) in [7, 11) is 0. The molecule has 0 atom stereocenters. The van der Waals surface area contributed by atoms with Gasteiger partial charge in [0.2, 0.25) is 5.91 Å². The van der Waals surface area contributed by atoms with Crippen LogP contribution in [0.15, 0.2) is 28.7 Å². The van der Waals surface area contributed by atoms with E-state index < -0.39 is 5.97 Å². The third-order valence-corrected chi connectivity index (χ3v) is 2.89. The number of carboxylic acid groups (broad SMARTS) is 1. The summed E-state index contributed by atoms with van der Waals surface area (Å²) in [6.07, 6.45) is 1.78. The largest absolute Gasteiger partial charge is 0.481 e. The monoisotopic (exact) mass is 313 g/mol. The highest BCUT2D eigenvalue weighted by atomic mass is 79.9. The van der Waals surface area contributed by atoms with Gasteiger partial charge in [-0.1, -0.05) is 28.1 Å². The van der Waals surface area contributed by atoms with E-state index in [2.05, 4.69) is 21.2 Å². The Balaban J connectivity index is 2.20. The van der Waals surface area contributed by atoms with Gasteiger partial charge < -0.3 is 10.4 Å². The van der Waals surface area contributed by atoms with Crippen molar-refractivity contribution in [1.29, 1.82) is 0 Å². The number of carboxylic acids is 1. The summed E-state index contributed by atoms with van der Waals surface area (Å²) in [5.41, 5.74) is 0.951. The van der Waals surface area contributed by atoms with Crippen LogP contribution in [0.2, 0.25) is 0 Å². The summed E-state index contributed by atoms with van der Waals surface area (Å²) in [5, 5.41) is 11.2. The molecule has 1 rings (SSSR count). The number of amides is 1. The van der Waals surface area contributed by atoms with E-state index in [0.29, 0.717) is 25.8 Å². The highest BCUT2D eigenvalue weighted by Crippen LogP contribution is 2.11. The molecule has 18 heavy (non-hydrogen) atoms. The Morgan fingerprint density at radius 3 is 2.72 bits per heavy atom. The van der Waals surface area contributed by atoms with E-state index in [4.69, 9.17) is 5.11 Å². The fraction of sp³-hybridized carbons (Fsp3) is 0.385. The highest BCUT2D eigenvalue weighted by Gasteiger charge is 2.03. The summed E-state index contributed by atoms with van der Waals surface area (Å²) in [6.45, 7) is 0.528. The number of halogens is 1. The molecule has 2 N–H and O–H groups in total. The zero-order chi connectivity index (χ0) is 13.4. The van der Waals surface area contributed by atoms with Crippen molar-refractivity contribution >= 4 is 27.8 Å². The fourth-order valence-corrected chi connectivity index (χ4v) is 1.97. The molecule has 0 fully saturated rings. The molecule has 0 aliphatic heterocycles. The Labute approximate surface area is 115 Å². The first kappa shape index (κ1) is 14.7. The van der Waals surface area contributed by atoms with E-state index in [0.717, 1.165) is 10.0 Å². The molecule has 0 heterocycles. The fourth-order valence-electron chi connectivity index (χ4n) is 1.52. The third-order valence-electron chi connectivity index (χ3n) is 2.39. The van der Waals surface area contributed by atoms with E-state index in [1.807, 2.05) is 24.3 Å². The molecular weight excluding hydrogens is 298 g/mol. The molecule has 4 nitrogen and oxygen atoms in total. The van der Waals surface area contributed by atoms with Gasteiger partial charge in [-0.3, -0.25) is 9.59 Å². The average Bonchev–Trinajstić information content (AvgIpc) is 2.28. The first-order chi connectivity index (χ1) is 8.58. The lowest BCUT2D eigenvalue weighted by atomic mass is 10.1. The SMILES string of the molecule is O=C(O)CCCCNC(=O)Cc1cccc(Br)c1. The van der Waals surface area contributed by atoms with E-state index in [1.165, 1.54) is 0 Å². The number of rotatable bonds is 7. The van der Waals surface area contributed by atoms with Crippen LogP contribution in [0.25, 0.3) is 0 Å². The lowest BCUT2D eigenvalue weighted by Gasteiger charge is -2.05. The van der Waals surface area contributed by atoms with Gasteiger partial charge in [0.1, 0.15) is 0 Å². The molecule has 0 aliphatic carbocycles. The van der Waals surface area contributed by atoms with Gasteiger partial charge in [0, 0.05) is 17.4 Å². The predicted octanol–water partition coefficient (Wildman–Crippen LogP) is 2.36. The second-order valence-corrected chi connectivity index (χ2v) is 4.92. The van der Waals surface area contributed by atoms with Crippen molar-refractivity contribution in [2.45, 2.75) is 25.7 Å². The standard InChI is InChI=1S/C13H16BrNO3/c14-11-5-3-4-10(8-11)9-12(16)15-7-2-1-6-13(17)18/h3-5,8H,1-2,6-7,9H2,(H,15,16)(H,17,18). The van der Waals surface area contributed by atoms with E-state index >= 15 is 0 Å². The lowest BCUT2D eigenvalue weighted by molar-refractivity contribution is -0.137. The summed E-state index contributed by atoms with van der Waals surface area (Å²) in [6, 6.07) is 7.60. The van der Waals surface area contributed by atoms with Gasteiger partial charge in [0.05, 0.1) is 6.42 Å². The second kappa shape index (κ2) is 7.87. The maximum Gasteiger partial charge on any atom is 0.303 e. The second-order valence-electron chi connectivity index (χ2n) is 4.01. The van der Waals surface area contributed by atoms with Crippen molar-refractivity contribution in [3.63, 3.8) is 0 Å². The molecule has 0 unspecified atom stereocenters. The minimum absolute atomic E-state index is 0.0385. The molecule has 1 aromatic carbocycles. The molecule has 0 aromatic heterocycles. The van der Waals surface area contributed by atoms with Crippen molar-refractivity contribution in [3.8, 4) is 0 Å². The summed E-state index contributed by atoms with van der Waals surface area (Å²) in [5.74, 6) is -0.834. The maximum atomic E-state index is 11.6. The first-order valence-corrected chi connectivity index (χ1v) is 6.60. The van der Waals surface area contributed by atoms with Crippen molar-refractivity contribution < 1.29 is 14.7 Å². The Kier molecular flexibility index (Phi) is 6.43. The average molecular weight is 314 g/mol. The molecule has 0 radical (unpaired) electrons. The Morgan fingerprint density at radius 2 is 2.06 bits per heavy atom. The Bertz CT molecular complexity index is 420. The molecule has 1 amide bonds. The van der Waals surface area contributed by atoms with Crippen LogP contribution < -0.4 is 5.32 Å². The first-order valence-electron chi connectivity index (χ1n) is 5.81. The summed E-state index contributed by atoms with van der Waals surface area (Å²) < 4.78 is 0.953. The van der Waals surface area contributed by atoms with Gasteiger partial charge in [-0.05, 0) is 30.5 Å². The van der Waals surface area contributed by atoms with Gasteiger partial charge >= 0.3 is 5.97 Å². The number of aliphatic carboxylic acids is 1. The predicted molar refractivity (Wildman–Crippen MR) is 72.3 cm³/mol. The number of carbonyl (C=O) groups is 2. The number of carbonyl (C=O) groups excluding carboxylic acids is 1. The third kappa shape index (κ3) is 6.39. The zero-order valence-corrected chi connectivity index (χ0v) is 11.6. The molecule has 98 valence electrons. The topological polar surface area (TPSA) is 66.4 Å². The van der Waals surface area contributed by atoms with Crippen LogP contribution in [0.5, 0.6) is 0 Å². The molecule has 5 heteroatoms. The van der Waals surface area contributed by atoms with Crippen LogP contribution in [-0.2, 0) is 16.0 Å². The summed E-state index contributed by atoms with van der Waals surface area (Å²) in [4.78, 5) is 21.9. The Hall–Kier alpha value is -1.36. The van der Waals surface area contributed by atoms with E-state index in [9.17, 15) is 9.59 Å². The van der Waals surface area contributed by atoms with E-state index in [-0.39, 0.29) is 12.3 Å². The number of hydrogen-bond acceptors (Lipinski definition) is 2. The van der Waals surface area contributed by atoms with Crippen LogP contribution in [0, 0.1) is 0 Å². The van der Waals surface area contributed by atoms with Crippen LogP contribution in [0.3, 0.4) is 0 Å². The lowest BCUT2D eigenvalue weighted by Crippen LogP contribution is -2.26. The van der Waals surface area contributed by atoms with Gasteiger partial charge in [0.15, 0.2) is 0 Å². The highest BCUT2D eigenvalue weighted by molar-refractivity contribution is 9.10. The smallest absolute Gasteiger partial charge is 0.303 e. The van der Waals surface area contributed by atoms with Gasteiger partial charge in [-0.25, -0.2) is 0 Å². The van der Waals surface area contributed by atoms with Crippen molar-refractivity contribution in [2.24, 2.45) is 0 Å². The molecule has 0 bridgehead atoms. The normalized spacial score (nSPS) is 10.1. The molecule has 0 saturated heterocycles. The van der Waals surface area contributed by atoms with Gasteiger partial charge in [-0.15, -0.1) is 0 Å². The number of hydrogen-bond donors (Lipinski definition) is 2. The molecular formula is C13H16BrNO3. The van der Waals surface area contributed by atoms with Crippen LogP contribution in [-0.4, -0.2) is 23.5 Å². The van der Waals surface area contributed by atoms with Crippen LogP contribution >= 0.6 is 15.9 Å². The molecule has 1 aromatic rings. The number of benzene rings is 1. The number of nitrogens with one attached hydrogen (secondary N) is 1. The zero-order valence-electron chi connectivity index (χ0n) is 9.99. The van der Waals surface area contributed by atoms with Crippen LogP contribution in [0.1, 0.15) is 24.8 Å². The Morgan fingerprint density at radius 1 is 1.28 bits per heavy atom. The molecule has 0 spiro atoms.